The number of rotatable bonds is 6. The van der Waals surface area contributed by atoms with Gasteiger partial charge >= 0.3 is 0 Å². The molecule has 0 unspecified atom stereocenters. The molecule has 0 saturated carbocycles. The van der Waals surface area contributed by atoms with Gasteiger partial charge in [-0.05, 0) is 34.9 Å². The first kappa shape index (κ1) is 20.8. The van der Waals surface area contributed by atoms with Crippen molar-refractivity contribution in [2.24, 2.45) is 4.99 Å². The third-order valence-electron chi connectivity index (χ3n) is 4.74. The Morgan fingerprint density at radius 2 is 1.75 bits per heavy atom. The largest absolute Gasteiger partial charge is 0.379 e. The van der Waals surface area contributed by atoms with Crippen LogP contribution in [-0.2, 0) is 24.4 Å². The number of hydrogen-bond donors (Lipinski definition) is 2. The van der Waals surface area contributed by atoms with Gasteiger partial charge in [-0.15, -0.1) is 0 Å². The summed E-state index contributed by atoms with van der Waals surface area (Å²) in [6, 6.07) is 13.1. The van der Waals surface area contributed by atoms with Crippen molar-refractivity contribution in [1.29, 1.82) is 0 Å². The molecule has 0 radical (unpaired) electrons. The summed E-state index contributed by atoms with van der Waals surface area (Å²) < 4.78 is 19.8. The molecule has 2 aromatic rings. The van der Waals surface area contributed by atoms with Gasteiger partial charge in [0.15, 0.2) is 5.96 Å². The van der Waals surface area contributed by atoms with Crippen molar-refractivity contribution in [3.63, 3.8) is 0 Å². The molecular formula is C21H26BrFN4O. The fourth-order valence-electron chi connectivity index (χ4n) is 3.14. The maximum absolute atomic E-state index is 13.5. The molecule has 1 fully saturated rings. The van der Waals surface area contributed by atoms with Crippen LogP contribution in [0.15, 0.2) is 51.9 Å². The molecule has 0 aliphatic carbocycles. The highest BCUT2D eigenvalue weighted by Crippen LogP contribution is 2.17. The Labute approximate surface area is 174 Å². The molecule has 1 aliphatic rings. The zero-order valence-electron chi connectivity index (χ0n) is 16.0. The molecule has 5 nitrogen and oxygen atoms in total. The molecule has 2 aromatic carbocycles. The van der Waals surface area contributed by atoms with Crippen LogP contribution in [0, 0.1) is 5.82 Å². The second kappa shape index (κ2) is 10.5. The van der Waals surface area contributed by atoms with E-state index in [1.807, 2.05) is 0 Å². The summed E-state index contributed by atoms with van der Waals surface area (Å²) in [6.07, 6.45) is 0. The Morgan fingerprint density at radius 1 is 1.07 bits per heavy atom. The van der Waals surface area contributed by atoms with E-state index < -0.39 is 0 Å². The lowest BCUT2D eigenvalue weighted by Crippen LogP contribution is -2.37. The Kier molecular flexibility index (Phi) is 7.82. The number of ether oxygens (including phenoxy) is 1. The van der Waals surface area contributed by atoms with Gasteiger partial charge in [-0.2, -0.15) is 0 Å². The minimum Gasteiger partial charge on any atom is -0.379 e. The zero-order valence-corrected chi connectivity index (χ0v) is 17.6. The fraction of sp³-hybridized carbons (Fsp3) is 0.381. The molecule has 0 spiro atoms. The summed E-state index contributed by atoms with van der Waals surface area (Å²) in [6.45, 7) is 5.60. The summed E-state index contributed by atoms with van der Waals surface area (Å²) >= 11 is 3.45. The lowest BCUT2D eigenvalue weighted by atomic mass is 10.1. The van der Waals surface area contributed by atoms with Crippen LogP contribution in [0.2, 0.25) is 0 Å². The Balaban J connectivity index is 1.57. The number of guanidine groups is 1. The number of hydrogen-bond acceptors (Lipinski definition) is 3. The van der Waals surface area contributed by atoms with Gasteiger partial charge in [0.25, 0.3) is 0 Å². The second-order valence-corrected chi connectivity index (χ2v) is 7.53. The van der Waals surface area contributed by atoms with Gasteiger partial charge in [0, 0.05) is 44.2 Å². The van der Waals surface area contributed by atoms with Crippen LogP contribution in [-0.4, -0.2) is 44.2 Å². The smallest absolute Gasteiger partial charge is 0.191 e. The van der Waals surface area contributed by atoms with Crippen LogP contribution in [0.5, 0.6) is 0 Å². The first-order valence-electron chi connectivity index (χ1n) is 9.41. The molecule has 7 heteroatoms. The van der Waals surface area contributed by atoms with Gasteiger partial charge < -0.3 is 15.4 Å². The van der Waals surface area contributed by atoms with Gasteiger partial charge in [0.1, 0.15) is 5.82 Å². The Bertz CT molecular complexity index is 809. The maximum atomic E-state index is 13.5. The molecule has 150 valence electrons. The fourth-order valence-corrected chi connectivity index (χ4v) is 3.53. The average Bonchev–Trinajstić information content (AvgIpc) is 2.72. The first-order chi connectivity index (χ1) is 13.7. The third-order valence-corrected chi connectivity index (χ3v) is 5.51. The van der Waals surface area contributed by atoms with Gasteiger partial charge in [-0.1, -0.05) is 40.2 Å². The van der Waals surface area contributed by atoms with Crippen molar-refractivity contribution in [2.75, 3.05) is 33.4 Å². The monoisotopic (exact) mass is 448 g/mol. The maximum Gasteiger partial charge on any atom is 0.191 e. The van der Waals surface area contributed by atoms with Crippen molar-refractivity contribution in [2.45, 2.75) is 19.6 Å². The molecule has 3 rings (SSSR count). The van der Waals surface area contributed by atoms with Crippen LogP contribution in [0.25, 0.3) is 0 Å². The topological polar surface area (TPSA) is 48.9 Å². The standard InChI is InChI=1S/C21H26BrFN4O/c1-24-21(26-14-18-12-19(23)6-7-20(18)22)25-13-16-4-2-3-5-17(16)15-27-8-10-28-11-9-27/h2-7,12H,8-11,13-15H2,1H3,(H2,24,25,26). The molecule has 28 heavy (non-hydrogen) atoms. The first-order valence-corrected chi connectivity index (χ1v) is 10.2. The molecule has 1 saturated heterocycles. The summed E-state index contributed by atoms with van der Waals surface area (Å²) in [5, 5.41) is 6.59. The zero-order chi connectivity index (χ0) is 19.8. The van der Waals surface area contributed by atoms with E-state index in [1.165, 1.54) is 23.3 Å². The van der Waals surface area contributed by atoms with Crippen molar-refractivity contribution < 1.29 is 9.13 Å². The highest BCUT2D eigenvalue weighted by molar-refractivity contribution is 9.10. The van der Waals surface area contributed by atoms with E-state index in [-0.39, 0.29) is 5.82 Å². The quantitative estimate of drug-likeness (QED) is 0.525. The van der Waals surface area contributed by atoms with Gasteiger partial charge in [-0.25, -0.2) is 4.39 Å². The SMILES string of the molecule is CN=C(NCc1cc(F)ccc1Br)NCc1ccccc1CN1CCOCC1. The third kappa shape index (κ3) is 6.02. The van der Waals surface area contributed by atoms with Crippen molar-refractivity contribution in [3.05, 3.63) is 69.4 Å². The molecule has 0 amide bonds. The van der Waals surface area contributed by atoms with E-state index >= 15 is 0 Å². The minimum atomic E-state index is -0.250. The van der Waals surface area contributed by atoms with Gasteiger partial charge in [0.2, 0.25) is 0 Å². The number of nitrogens with one attached hydrogen (secondary N) is 2. The minimum absolute atomic E-state index is 0.250. The van der Waals surface area contributed by atoms with E-state index in [0.29, 0.717) is 19.0 Å². The highest BCUT2D eigenvalue weighted by Gasteiger charge is 2.13. The van der Waals surface area contributed by atoms with Crippen LogP contribution in [0.1, 0.15) is 16.7 Å². The molecule has 0 aromatic heterocycles. The molecule has 1 aliphatic heterocycles. The number of morpholine rings is 1. The molecule has 0 bridgehead atoms. The van der Waals surface area contributed by atoms with Gasteiger partial charge in [0.05, 0.1) is 13.2 Å². The number of nitrogens with zero attached hydrogens (tertiary/aromatic N) is 2. The number of benzene rings is 2. The number of halogens is 2. The lowest BCUT2D eigenvalue weighted by molar-refractivity contribution is 0.0341. The number of aliphatic imine (C=N–C) groups is 1. The summed E-state index contributed by atoms with van der Waals surface area (Å²) in [5.41, 5.74) is 3.39. The summed E-state index contributed by atoms with van der Waals surface area (Å²) in [5.74, 6) is 0.428. The molecule has 1 heterocycles. The van der Waals surface area contributed by atoms with E-state index in [1.54, 1.807) is 13.1 Å². The average molecular weight is 449 g/mol. The Morgan fingerprint density at radius 3 is 2.46 bits per heavy atom. The van der Waals surface area contributed by atoms with Crippen LogP contribution >= 0.6 is 15.9 Å². The predicted octanol–water partition coefficient (Wildman–Crippen LogP) is 3.29. The van der Waals surface area contributed by atoms with E-state index in [0.717, 1.165) is 42.9 Å². The molecule has 0 atom stereocenters. The van der Waals surface area contributed by atoms with Crippen molar-refractivity contribution in [1.82, 2.24) is 15.5 Å². The molecular weight excluding hydrogens is 423 g/mol. The van der Waals surface area contributed by atoms with Crippen molar-refractivity contribution in [3.8, 4) is 0 Å². The second-order valence-electron chi connectivity index (χ2n) is 6.67. The Hall–Kier alpha value is -1.96. The van der Waals surface area contributed by atoms with Crippen molar-refractivity contribution >= 4 is 21.9 Å². The van der Waals surface area contributed by atoms with E-state index in [9.17, 15) is 4.39 Å². The summed E-state index contributed by atoms with van der Waals surface area (Å²) in [7, 11) is 1.73. The normalized spacial score (nSPS) is 15.5. The van der Waals surface area contributed by atoms with Crippen LogP contribution in [0.4, 0.5) is 4.39 Å². The summed E-state index contributed by atoms with van der Waals surface area (Å²) in [4.78, 5) is 6.69. The van der Waals surface area contributed by atoms with E-state index in [2.05, 4.69) is 60.7 Å². The molecule has 2 N–H and O–H groups in total. The van der Waals surface area contributed by atoms with E-state index in [4.69, 9.17) is 4.74 Å². The van der Waals surface area contributed by atoms with Crippen LogP contribution in [0.3, 0.4) is 0 Å². The highest BCUT2D eigenvalue weighted by atomic mass is 79.9. The lowest BCUT2D eigenvalue weighted by Gasteiger charge is -2.27. The van der Waals surface area contributed by atoms with Gasteiger partial charge in [-0.3, -0.25) is 9.89 Å². The van der Waals surface area contributed by atoms with Crippen LogP contribution < -0.4 is 10.6 Å². The predicted molar refractivity (Wildman–Crippen MR) is 114 cm³/mol.